The molecule has 7 nitrogen and oxygen atoms in total. The van der Waals surface area contributed by atoms with Gasteiger partial charge in [-0.05, 0) is 35.1 Å². The van der Waals surface area contributed by atoms with Crippen LogP contribution in [0.2, 0.25) is 0 Å². The molecule has 0 aromatic heterocycles. The fraction of sp³-hybridized carbons (Fsp3) is 0.423. The van der Waals surface area contributed by atoms with Gasteiger partial charge in [0.15, 0.2) is 0 Å². The average molecular weight is 453 g/mol. The van der Waals surface area contributed by atoms with Crippen molar-refractivity contribution in [2.75, 3.05) is 6.61 Å². The minimum absolute atomic E-state index is 0.0302. The number of carbonyl (C=O) groups excluding carboxylic acids is 2. The molecule has 2 amide bonds. The Labute approximate surface area is 194 Å². The van der Waals surface area contributed by atoms with Gasteiger partial charge < -0.3 is 20.5 Å². The largest absolute Gasteiger partial charge is 0.481 e. The third-order valence-corrected chi connectivity index (χ3v) is 6.01. The van der Waals surface area contributed by atoms with Gasteiger partial charge in [0.2, 0.25) is 5.91 Å². The molecule has 1 aliphatic carbocycles. The summed E-state index contributed by atoms with van der Waals surface area (Å²) in [6.45, 7) is 4.02. The van der Waals surface area contributed by atoms with Gasteiger partial charge in [-0.15, -0.1) is 0 Å². The van der Waals surface area contributed by atoms with E-state index in [1.807, 2.05) is 38.1 Å². The number of hydrogen-bond acceptors (Lipinski definition) is 4. The monoisotopic (exact) mass is 452 g/mol. The number of alkyl carbamates (subject to hydrolysis) is 1. The first-order chi connectivity index (χ1) is 15.9. The van der Waals surface area contributed by atoms with Crippen molar-refractivity contribution in [2.24, 2.45) is 0 Å². The lowest BCUT2D eigenvalue weighted by Crippen LogP contribution is -2.42. The molecule has 0 heterocycles. The fourth-order valence-corrected chi connectivity index (χ4v) is 4.40. The first kappa shape index (κ1) is 24.3. The highest BCUT2D eigenvalue weighted by Gasteiger charge is 2.29. The number of carboxylic acid groups (broad SMARTS) is 1. The van der Waals surface area contributed by atoms with Crippen molar-refractivity contribution in [2.45, 2.75) is 64.0 Å². The maximum Gasteiger partial charge on any atom is 0.407 e. The summed E-state index contributed by atoms with van der Waals surface area (Å²) in [6.07, 6.45) is 1.31. The Balaban J connectivity index is 1.54. The second kappa shape index (κ2) is 11.5. The van der Waals surface area contributed by atoms with Crippen molar-refractivity contribution < 1.29 is 24.2 Å². The van der Waals surface area contributed by atoms with Crippen LogP contribution in [0.25, 0.3) is 11.1 Å². The molecule has 0 unspecified atom stereocenters. The van der Waals surface area contributed by atoms with Gasteiger partial charge in [-0.1, -0.05) is 68.8 Å². The van der Waals surface area contributed by atoms with Crippen LogP contribution in [0.1, 0.15) is 63.0 Å². The number of hydrogen-bond donors (Lipinski definition) is 3. The lowest BCUT2D eigenvalue weighted by atomic mass is 9.98. The van der Waals surface area contributed by atoms with Crippen LogP contribution in [0.15, 0.2) is 48.5 Å². The second-order valence-corrected chi connectivity index (χ2v) is 8.43. The van der Waals surface area contributed by atoms with Crippen molar-refractivity contribution in [1.29, 1.82) is 0 Å². The molecule has 2 aromatic carbocycles. The van der Waals surface area contributed by atoms with Gasteiger partial charge >= 0.3 is 12.1 Å². The Kier molecular flexibility index (Phi) is 8.46. The molecule has 176 valence electrons. The molecule has 0 saturated carbocycles. The summed E-state index contributed by atoms with van der Waals surface area (Å²) in [7, 11) is 0. The normalized spacial score (nSPS) is 14.0. The number of carbonyl (C=O) groups is 3. The van der Waals surface area contributed by atoms with E-state index < -0.39 is 24.1 Å². The number of benzene rings is 2. The Morgan fingerprint density at radius 3 is 2.06 bits per heavy atom. The van der Waals surface area contributed by atoms with Crippen molar-refractivity contribution in [3.05, 3.63) is 59.7 Å². The van der Waals surface area contributed by atoms with Gasteiger partial charge in [0.25, 0.3) is 0 Å². The smallest absolute Gasteiger partial charge is 0.407 e. The van der Waals surface area contributed by atoms with Crippen LogP contribution in [-0.2, 0) is 14.3 Å². The summed E-state index contributed by atoms with van der Waals surface area (Å²) < 4.78 is 5.57. The Morgan fingerprint density at radius 2 is 1.52 bits per heavy atom. The minimum Gasteiger partial charge on any atom is -0.481 e. The highest BCUT2D eigenvalue weighted by Crippen LogP contribution is 2.44. The molecule has 7 heteroatoms. The summed E-state index contributed by atoms with van der Waals surface area (Å²) in [6, 6.07) is 15.5. The van der Waals surface area contributed by atoms with Gasteiger partial charge in [-0.2, -0.15) is 0 Å². The summed E-state index contributed by atoms with van der Waals surface area (Å²) in [5, 5.41) is 14.6. The van der Waals surface area contributed by atoms with Crippen molar-refractivity contribution in [3.8, 4) is 11.1 Å². The number of nitrogens with one attached hydrogen (secondary N) is 2. The number of amides is 2. The van der Waals surface area contributed by atoms with E-state index in [2.05, 4.69) is 34.9 Å². The van der Waals surface area contributed by atoms with Crippen LogP contribution in [-0.4, -0.2) is 41.8 Å². The fourth-order valence-electron chi connectivity index (χ4n) is 4.40. The number of ether oxygens (including phenoxy) is 1. The Hall–Kier alpha value is -3.35. The highest BCUT2D eigenvalue weighted by molar-refractivity contribution is 5.80. The van der Waals surface area contributed by atoms with E-state index in [4.69, 9.17) is 9.84 Å². The summed E-state index contributed by atoms with van der Waals surface area (Å²) in [5.41, 5.74) is 4.60. The minimum atomic E-state index is -0.947. The molecule has 0 aliphatic heterocycles. The SMILES string of the molecule is CCC[C@H](CC(=O)O)NC(=O)C[C@@H](CC)NC(=O)OCC1c2ccccc2-c2ccccc21. The van der Waals surface area contributed by atoms with E-state index in [0.29, 0.717) is 12.8 Å². The lowest BCUT2D eigenvalue weighted by Gasteiger charge is -2.21. The molecule has 2 aromatic rings. The van der Waals surface area contributed by atoms with E-state index in [1.54, 1.807) is 0 Å². The maximum absolute atomic E-state index is 12.5. The molecule has 0 spiro atoms. The van der Waals surface area contributed by atoms with Gasteiger partial charge in [-0.3, -0.25) is 9.59 Å². The van der Waals surface area contributed by atoms with E-state index in [0.717, 1.165) is 28.7 Å². The van der Waals surface area contributed by atoms with Gasteiger partial charge in [0.05, 0.1) is 6.42 Å². The van der Waals surface area contributed by atoms with Gasteiger partial charge in [0, 0.05) is 24.4 Å². The zero-order valence-electron chi connectivity index (χ0n) is 19.2. The summed E-state index contributed by atoms with van der Waals surface area (Å²) in [5.74, 6) is -1.25. The molecule has 0 saturated heterocycles. The molecule has 33 heavy (non-hydrogen) atoms. The number of aliphatic carboxylic acids is 1. The molecule has 1 aliphatic rings. The van der Waals surface area contributed by atoms with E-state index in [-0.39, 0.29) is 31.3 Å². The van der Waals surface area contributed by atoms with Crippen molar-refractivity contribution in [1.82, 2.24) is 10.6 Å². The molecule has 0 bridgehead atoms. The quantitative estimate of drug-likeness (QED) is 0.467. The number of carboxylic acids is 1. The highest BCUT2D eigenvalue weighted by atomic mass is 16.5. The summed E-state index contributed by atoms with van der Waals surface area (Å²) in [4.78, 5) is 35.9. The predicted molar refractivity (Wildman–Crippen MR) is 126 cm³/mol. The maximum atomic E-state index is 12.5. The standard InChI is InChI=1S/C26H32N2O5/c1-3-9-18(15-25(30)31)27-24(29)14-17(4-2)28-26(32)33-16-23-21-12-7-5-10-19(21)20-11-6-8-13-22(20)23/h5-8,10-13,17-18,23H,3-4,9,14-16H2,1-2H3,(H,27,29)(H,28,32)(H,30,31)/t17-,18-/m1/s1. The third-order valence-electron chi connectivity index (χ3n) is 6.01. The van der Waals surface area contributed by atoms with Crippen molar-refractivity contribution in [3.63, 3.8) is 0 Å². The molecule has 3 rings (SSSR count). The average Bonchev–Trinajstić information content (AvgIpc) is 3.10. The number of fused-ring (bicyclic) bond motifs is 3. The number of rotatable bonds is 11. The van der Waals surface area contributed by atoms with Gasteiger partial charge in [-0.25, -0.2) is 4.79 Å². The Morgan fingerprint density at radius 1 is 0.909 bits per heavy atom. The predicted octanol–water partition coefficient (Wildman–Crippen LogP) is 4.45. The molecule has 0 fully saturated rings. The van der Waals surface area contributed by atoms with Crippen LogP contribution in [0, 0.1) is 0 Å². The molecular weight excluding hydrogens is 420 g/mol. The lowest BCUT2D eigenvalue weighted by molar-refractivity contribution is -0.137. The van der Waals surface area contributed by atoms with Crippen LogP contribution in [0.3, 0.4) is 0 Å². The van der Waals surface area contributed by atoms with Crippen LogP contribution in [0.4, 0.5) is 4.79 Å². The first-order valence-corrected chi connectivity index (χ1v) is 11.6. The molecule has 2 atom stereocenters. The van der Waals surface area contributed by atoms with Crippen molar-refractivity contribution >= 4 is 18.0 Å². The first-order valence-electron chi connectivity index (χ1n) is 11.6. The summed E-state index contributed by atoms with van der Waals surface area (Å²) >= 11 is 0. The second-order valence-electron chi connectivity index (χ2n) is 8.43. The van der Waals surface area contributed by atoms with Crippen LogP contribution < -0.4 is 10.6 Å². The van der Waals surface area contributed by atoms with E-state index in [1.165, 1.54) is 0 Å². The topological polar surface area (TPSA) is 105 Å². The Bertz CT molecular complexity index is 945. The molecule has 3 N–H and O–H groups in total. The molecule has 0 radical (unpaired) electrons. The molecular formula is C26H32N2O5. The zero-order chi connectivity index (χ0) is 23.8. The zero-order valence-corrected chi connectivity index (χ0v) is 19.2. The van der Waals surface area contributed by atoms with Gasteiger partial charge in [0.1, 0.15) is 6.61 Å². The van der Waals surface area contributed by atoms with E-state index in [9.17, 15) is 14.4 Å². The van der Waals surface area contributed by atoms with Crippen LogP contribution >= 0.6 is 0 Å². The van der Waals surface area contributed by atoms with Crippen LogP contribution in [0.5, 0.6) is 0 Å². The third kappa shape index (κ3) is 6.34. The van der Waals surface area contributed by atoms with E-state index >= 15 is 0 Å².